The van der Waals surface area contributed by atoms with Crippen LogP contribution in [0, 0.1) is 6.92 Å². The zero-order valence-electron chi connectivity index (χ0n) is 11.9. The van der Waals surface area contributed by atoms with Crippen LogP contribution in [0.4, 0.5) is 16.2 Å². The van der Waals surface area contributed by atoms with Gasteiger partial charge in [0, 0.05) is 24.0 Å². The minimum absolute atomic E-state index is 0.327. The number of carbonyl (C=O) groups is 1. The van der Waals surface area contributed by atoms with E-state index in [0.717, 1.165) is 5.56 Å². The molecule has 0 aliphatic heterocycles. The summed E-state index contributed by atoms with van der Waals surface area (Å²) in [7, 11) is 1.63. The molecule has 2 aromatic rings. The van der Waals surface area contributed by atoms with Gasteiger partial charge in [0.2, 0.25) is 0 Å². The zero-order valence-corrected chi connectivity index (χ0v) is 12.6. The second-order valence-corrected chi connectivity index (χ2v) is 4.96. The molecular weight excluding hydrogens is 292 g/mol. The van der Waals surface area contributed by atoms with E-state index in [-0.39, 0.29) is 6.03 Å². The fraction of sp³-hybridized carbons (Fsp3) is 0.286. The molecule has 1 aromatic carbocycles. The third-order valence-electron chi connectivity index (χ3n) is 2.85. The summed E-state index contributed by atoms with van der Waals surface area (Å²) < 4.78 is 6.67. The molecule has 6 nitrogen and oxygen atoms in total. The molecule has 0 aliphatic rings. The third-order valence-corrected chi connectivity index (χ3v) is 3.09. The summed E-state index contributed by atoms with van der Waals surface area (Å²) in [6.07, 6.45) is 3.33. The number of ether oxygens (including phenoxy) is 1. The molecule has 21 heavy (non-hydrogen) atoms. The lowest BCUT2D eigenvalue weighted by atomic mass is 10.2. The number of aromatic nitrogens is 2. The molecule has 2 rings (SSSR count). The molecule has 0 radical (unpaired) electrons. The average molecular weight is 309 g/mol. The number of hydrogen-bond donors (Lipinski definition) is 2. The van der Waals surface area contributed by atoms with Crippen LogP contribution in [0.2, 0.25) is 5.02 Å². The van der Waals surface area contributed by atoms with Crippen molar-refractivity contribution in [2.75, 3.05) is 24.4 Å². The predicted octanol–water partition coefficient (Wildman–Crippen LogP) is 3.14. The monoisotopic (exact) mass is 308 g/mol. The van der Waals surface area contributed by atoms with E-state index in [9.17, 15) is 4.79 Å². The predicted molar refractivity (Wildman–Crippen MR) is 82.9 cm³/mol. The molecule has 7 heteroatoms. The zero-order chi connectivity index (χ0) is 15.2. The van der Waals surface area contributed by atoms with E-state index >= 15 is 0 Å². The van der Waals surface area contributed by atoms with E-state index in [1.54, 1.807) is 42.4 Å². The third kappa shape index (κ3) is 4.47. The number of nitrogens with zero attached hydrogens (tertiary/aromatic N) is 2. The maximum atomic E-state index is 11.9. The largest absolute Gasteiger partial charge is 0.383 e. The lowest BCUT2D eigenvalue weighted by molar-refractivity contribution is 0.183. The number of urea groups is 1. The van der Waals surface area contributed by atoms with Crippen LogP contribution in [0.1, 0.15) is 5.56 Å². The van der Waals surface area contributed by atoms with Crippen LogP contribution in [0.3, 0.4) is 0 Å². The summed E-state index contributed by atoms with van der Waals surface area (Å²) in [4.78, 5) is 11.9. The van der Waals surface area contributed by atoms with Gasteiger partial charge in [-0.3, -0.25) is 4.68 Å². The Labute approximate surface area is 128 Å². The van der Waals surface area contributed by atoms with Gasteiger partial charge in [0.15, 0.2) is 0 Å². The molecule has 0 saturated heterocycles. The molecule has 0 saturated carbocycles. The van der Waals surface area contributed by atoms with Crippen LogP contribution in [0.25, 0.3) is 0 Å². The molecule has 112 valence electrons. The second kappa shape index (κ2) is 7.10. The van der Waals surface area contributed by atoms with Crippen LogP contribution in [-0.4, -0.2) is 29.5 Å². The first-order valence-electron chi connectivity index (χ1n) is 6.44. The normalized spacial score (nSPS) is 10.4. The first-order chi connectivity index (χ1) is 10.1. The molecule has 0 unspecified atom stereocenters. The van der Waals surface area contributed by atoms with Crippen molar-refractivity contribution in [1.82, 2.24) is 9.78 Å². The number of halogens is 1. The van der Waals surface area contributed by atoms with Gasteiger partial charge < -0.3 is 15.4 Å². The quantitative estimate of drug-likeness (QED) is 0.891. The maximum absolute atomic E-state index is 11.9. The number of hydrogen-bond acceptors (Lipinski definition) is 3. The molecule has 1 heterocycles. The first-order valence-corrected chi connectivity index (χ1v) is 6.82. The van der Waals surface area contributed by atoms with Gasteiger partial charge in [-0.1, -0.05) is 11.6 Å². The van der Waals surface area contributed by atoms with Gasteiger partial charge in [-0.15, -0.1) is 0 Å². The van der Waals surface area contributed by atoms with Crippen LogP contribution in [0.5, 0.6) is 0 Å². The van der Waals surface area contributed by atoms with E-state index in [4.69, 9.17) is 16.3 Å². The highest BCUT2D eigenvalue weighted by Gasteiger charge is 2.07. The van der Waals surface area contributed by atoms with Crippen molar-refractivity contribution >= 4 is 29.0 Å². The van der Waals surface area contributed by atoms with E-state index in [1.165, 1.54) is 0 Å². The highest BCUT2D eigenvalue weighted by molar-refractivity contribution is 6.30. The van der Waals surface area contributed by atoms with Crippen molar-refractivity contribution in [3.8, 4) is 0 Å². The molecular formula is C14H17ClN4O2. The Hall–Kier alpha value is -2.05. The van der Waals surface area contributed by atoms with Gasteiger partial charge in [-0.05, 0) is 30.7 Å². The molecule has 0 aliphatic carbocycles. The van der Waals surface area contributed by atoms with Crippen molar-refractivity contribution in [2.45, 2.75) is 13.5 Å². The van der Waals surface area contributed by atoms with Crippen LogP contribution in [0.15, 0.2) is 30.6 Å². The Kier molecular flexibility index (Phi) is 5.19. The Morgan fingerprint density at radius 2 is 2.24 bits per heavy atom. The fourth-order valence-electron chi connectivity index (χ4n) is 1.79. The highest BCUT2D eigenvalue weighted by Crippen LogP contribution is 2.19. The van der Waals surface area contributed by atoms with Gasteiger partial charge in [-0.2, -0.15) is 5.10 Å². The summed E-state index contributed by atoms with van der Waals surface area (Å²) >= 11 is 5.88. The second-order valence-electron chi connectivity index (χ2n) is 4.52. The first kappa shape index (κ1) is 15.3. The molecule has 0 atom stereocenters. The van der Waals surface area contributed by atoms with Crippen LogP contribution in [-0.2, 0) is 11.3 Å². The number of carbonyl (C=O) groups excluding carboxylic acids is 1. The number of benzene rings is 1. The lowest BCUT2D eigenvalue weighted by Crippen LogP contribution is -2.19. The highest BCUT2D eigenvalue weighted by atomic mass is 35.5. The summed E-state index contributed by atoms with van der Waals surface area (Å²) in [5, 5.41) is 10.2. The standard InChI is InChI=1S/C14H17ClN4O2/c1-10-7-11(15)3-4-13(10)18-14(20)17-12-8-16-19(9-12)5-6-21-2/h3-4,7-9H,5-6H2,1-2H3,(H2,17,18,20). The fourth-order valence-corrected chi connectivity index (χ4v) is 2.01. The Bertz CT molecular complexity index is 627. The SMILES string of the molecule is COCCn1cc(NC(=O)Nc2ccc(Cl)cc2C)cn1. The average Bonchev–Trinajstić information content (AvgIpc) is 2.87. The summed E-state index contributed by atoms with van der Waals surface area (Å²) in [5.41, 5.74) is 2.23. The van der Waals surface area contributed by atoms with Crippen LogP contribution >= 0.6 is 11.6 Å². The Morgan fingerprint density at radius 3 is 2.95 bits per heavy atom. The van der Waals surface area contributed by atoms with Gasteiger partial charge in [-0.25, -0.2) is 4.79 Å². The molecule has 1 aromatic heterocycles. The van der Waals surface area contributed by atoms with E-state index in [2.05, 4.69) is 15.7 Å². The van der Waals surface area contributed by atoms with Crippen LogP contribution < -0.4 is 10.6 Å². The molecule has 0 spiro atoms. The van der Waals surface area contributed by atoms with E-state index in [1.807, 2.05) is 6.92 Å². The van der Waals surface area contributed by atoms with Gasteiger partial charge in [0.1, 0.15) is 0 Å². The number of amides is 2. The van der Waals surface area contributed by atoms with Crippen molar-refractivity contribution in [3.05, 3.63) is 41.2 Å². The molecule has 2 N–H and O–H groups in total. The summed E-state index contributed by atoms with van der Waals surface area (Å²) in [6.45, 7) is 3.08. The summed E-state index contributed by atoms with van der Waals surface area (Å²) in [6, 6.07) is 4.96. The topological polar surface area (TPSA) is 68.2 Å². The maximum Gasteiger partial charge on any atom is 0.323 e. The molecule has 2 amide bonds. The molecule has 0 fully saturated rings. The Morgan fingerprint density at radius 1 is 1.43 bits per heavy atom. The lowest BCUT2D eigenvalue weighted by Gasteiger charge is -2.09. The number of methoxy groups -OCH3 is 1. The minimum Gasteiger partial charge on any atom is -0.383 e. The molecule has 0 bridgehead atoms. The number of anilines is 2. The van der Waals surface area contributed by atoms with Gasteiger partial charge in [0.05, 0.1) is 25.0 Å². The van der Waals surface area contributed by atoms with E-state index in [0.29, 0.717) is 29.5 Å². The number of nitrogens with one attached hydrogen (secondary N) is 2. The van der Waals surface area contributed by atoms with E-state index < -0.39 is 0 Å². The smallest absolute Gasteiger partial charge is 0.323 e. The van der Waals surface area contributed by atoms with Gasteiger partial charge in [0.25, 0.3) is 0 Å². The number of rotatable bonds is 5. The van der Waals surface area contributed by atoms with Crippen molar-refractivity contribution in [2.24, 2.45) is 0 Å². The van der Waals surface area contributed by atoms with Crippen molar-refractivity contribution in [1.29, 1.82) is 0 Å². The van der Waals surface area contributed by atoms with Crippen molar-refractivity contribution < 1.29 is 9.53 Å². The summed E-state index contributed by atoms with van der Waals surface area (Å²) in [5.74, 6) is 0. The minimum atomic E-state index is -0.327. The van der Waals surface area contributed by atoms with Gasteiger partial charge >= 0.3 is 6.03 Å². The van der Waals surface area contributed by atoms with Crippen molar-refractivity contribution in [3.63, 3.8) is 0 Å². The Balaban J connectivity index is 1.93. The number of aryl methyl sites for hydroxylation is 1.